The molecule has 2 N–H and O–H groups in total. The summed E-state index contributed by atoms with van der Waals surface area (Å²) in [6.45, 7) is 23.9. The van der Waals surface area contributed by atoms with Gasteiger partial charge in [-0.3, -0.25) is 19.2 Å². The van der Waals surface area contributed by atoms with Crippen molar-refractivity contribution in [1.82, 2.24) is 0 Å². The number of esters is 2. The van der Waals surface area contributed by atoms with Crippen LogP contribution in [0.2, 0.25) is 18.1 Å². The van der Waals surface area contributed by atoms with E-state index >= 15 is 0 Å². The second-order valence-corrected chi connectivity index (χ2v) is 26.8. The lowest BCUT2D eigenvalue weighted by molar-refractivity contribution is -0.349. The lowest BCUT2D eigenvalue weighted by Gasteiger charge is -2.52. The molecule has 0 bridgehead atoms. The van der Waals surface area contributed by atoms with Gasteiger partial charge < -0.3 is 62.0 Å². The number of methoxy groups -OCH3 is 2. The van der Waals surface area contributed by atoms with E-state index in [2.05, 4.69) is 40.4 Å². The van der Waals surface area contributed by atoms with Crippen LogP contribution in [0.3, 0.4) is 0 Å². The first-order valence-electron chi connectivity index (χ1n) is 24.8. The van der Waals surface area contributed by atoms with Crippen LogP contribution in [-0.4, -0.2) is 136 Å². The number of rotatable bonds is 22. The summed E-state index contributed by atoms with van der Waals surface area (Å²) in [6, 6.07) is 7.64. The number of hydrogen-bond acceptors (Lipinski definition) is 16. The fourth-order valence-corrected chi connectivity index (χ4v) is 11.8. The molecule has 18 heteroatoms. The van der Waals surface area contributed by atoms with Crippen LogP contribution in [0.1, 0.15) is 132 Å². The number of ketones is 1. The predicted molar refractivity (Wildman–Crippen MR) is 259 cm³/mol. The van der Waals surface area contributed by atoms with Crippen LogP contribution in [0.5, 0.6) is 5.75 Å². The molecule has 0 saturated carbocycles. The molecule has 0 aliphatic carbocycles. The molecule has 13 atom stereocenters. The summed E-state index contributed by atoms with van der Waals surface area (Å²) in [7, 11) is 1.02. The zero-order chi connectivity index (χ0) is 51.8. The van der Waals surface area contributed by atoms with Crippen molar-refractivity contribution in [1.29, 1.82) is 0 Å². The SMILES string of the molecule is C=C(C[C@H]1C[C@](C)(O)C[C@@]2(C[C@@H](OC(C)=O)C[C@H](CC(=O)O)O2)O1)[C@@H](C)[C@H](OC(C)=O)[C@H](C)C(=O)C[C@@H]1C[C@H](OC)C[C@@]2(C[C@@H](O[Si](C)(C)C(C)(C)C)C[C@H](COCOCc3ccc(OC)cc3)O2)O1. The van der Waals surface area contributed by atoms with E-state index in [1.165, 1.54) is 13.8 Å². The maximum absolute atomic E-state index is 14.5. The number of aliphatic carboxylic acids is 1. The molecule has 4 aliphatic rings. The first kappa shape index (κ1) is 57.6. The third kappa shape index (κ3) is 16.4. The van der Waals surface area contributed by atoms with Crippen molar-refractivity contribution < 1.29 is 81.2 Å². The molecular formula is C52H82O17Si. The van der Waals surface area contributed by atoms with Gasteiger partial charge in [0.05, 0.1) is 74.9 Å². The highest BCUT2D eigenvalue weighted by Crippen LogP contribution is 2.48. The highest BCUT2D eigenvalue weighted by atomic mass is 28.4. The fraction of sp³-hybridized carbons (Fsp3) is 0.769. The highest BCUT2D eigenvalue weighted by molar-refractivity contribution is 6.74. The minimum atomic E-state index is -2.25. The number of carboxylic acid groups (broad SMARTS) is 1. The summed E-state index contributed by atoms with van der Waals surface area (Å²) < 4.78 is 68.3. The van der Waals surface area contributed by atoms with Crippen LogP contribution < -0.4 is 4.74 Å². The Morgan fingerprint density at radius 2 is 1.37 bits per heavy atom. The van der Waals surface area contributed by atoms with E-state index in [4.69, 9.17) is 51.8 Å². The van der Waals surface area contributed by atoms with Gasteiger partial charge in [-0.25, -0.2) is 0 Å². The number of ether oxygens (including phenoxy) is 10. The van der Waals surface area contributed by atoms with E-state index in [-0.39, 0.29) is 81.4 Å². The van der Waals surface area contributed by atoms with Gasteiger partial charge in [-0.1, -0.05) is 58.9 Å². The van der Waals surface area contributed by atoms with E-state index in [1.54, 1.807) is 28.1 Å². The summed E-state index contributed by atoms with van der Waals surface area (Å²) in [5.41, 5.74) is 0.288. The highest BCUT2D eigenvalue weighted by Gasteiger charge is 2.54. The van der Waals surface area contributed by atoms with Gasteiger partial charge in [-0.2, -0.15) is 0 Å². The van der Waals surface area contributed by atoms with E-state index in [0.717, 1.165) is 11.3 Å². The van der Waals surface area contributed by atoms with Crippen molar-refractivity contribution in [3.8, 4) is 5.75 Å². The Kier molecular flexibility index (Phi) is 19.9. The molecule has 0 unspecified atom stereocenters. The number of benzene rings is 1. The maximum atomic E-state index is 14.5. The van der Waals surface area contributed by atoms with Crippen LogP contribution >= 0.6 is 0 Å². The van der Waals surface area contributed by atoms with E-state index < -0.39 is 91.9 Å². The topological polar surface area (TPSA) is 210 Å². The largest absolute Gasteiger partial charge is 0.497 e. The Morgan fingerprint density at radius 3 is 1.99 bits per heavy atom. The molecule has 396 valence electrons. The summed E-state index contributed by atoms with van der Waals surface area (Å²) in [4.78, 5) is 50.9. The van der Waals surface area contributed by atoms with Crippen molar-refractivity contribution in [2.75, 3.05) is 27.6 Å². The van der Waals surface area contributed by atoms with Gasteiger partial charge in [0, 0.05) is 84.7 Å². The molecule has 4 fully saturated rings. The fourth-order valence-electron chi connectivity index (χ4n) is 10.4. The molecular weight excluding hydrogens is 925 g/mol. The van der Waals surface area contributed by atoms with Gasteiger partial charge in [0.25, 0.3) is 0 Å². The molecule has 4 heterocycles. The minimum Gasteiger partial charge on any atom is -0.497 e. The number of hydrogen-bond donors (Lipinski definition) is 2. The van der Waals surface area contributed by atoms with Gasteiger partial charge in [0.1, 0.15) is 30.5 Å². The van der Waals surface area contributed by atoms with Crippen LogP contribution in [0.4, 0.5) is 0 Å². The predicted octanol–water partition coefficient (Wildman–Crippen LogP) is 7.97. The number of aliphatic hydroxyl groups is 1. The van der Waals surface area contributed by atoms with E-state index in [1.807, 2.05) is 31.2 Å². The van der Waals surface area contributed by atoms with E-state index in [0.29, 0.717) is 37.9 Å². The number of carboxylic acids is 1. The lowest BCUT2D eigenvalue weighted by atomic mass is 9.78. The smallest absolute Gasteiger partial charge is 0.305 e. The van der Waals surface area contributed by atoms with Crippen molar-refractivity contribution in [2.24, 2.45) is 11.8 Å². The van der Waals surface area contributed by atoms with Crippen molar-refractivity contribution in [2.45, 2.75) is 217 Å². The Labute approximate surface area is 415 Å². The Balaban J connectivity index is 1.28. The Morgan fingerprint density at radius 1 is 0.786 bits per heavy atom. The molecule has 4 aliphatic heterocycles. The Bertz CT molecular complexity index is 1910. The quantitative estimate of drug-likeness (QED) is 0.0371. The molecule has 1 aromatic rings. The summed E-state index contributed by atoms with van der Waals surface area (Å²) in [6.07, 6.45) is -2.41. The van der Waals surface area contributed by atoms with Gasteiger partial charge in [-0.15, -0.1) is 0 Å². The molecule has 4 saturated heterocycles. The van der Waals surface area contributed by atoms with Crippen LogP contribution in [-0.2, 0) is 72.8 Å². The lowest BCUT2D eigenvalue weighted by Crippen LogP contribution is -2.58. The maximum Gasteiger partial charge on any atom is 0.305 e. The molecule has 70 heavy (non-hydrogen) atoms. The van der Waals surface area contributed by atoms with Crippen molar-refractivity contribution in [3.05, 3.63) is 42.0 Å². The second-order valence-electron chi connectivity index (χ2n) is 22.0. The molecule has 0 amide bonds. The average Bonchev–Trinajstić information content (AvgIpc) is 3.22. The monoisotopic (exact) mass is 1010 g/mol. The number of carbonyl (C=O) groups is 4. The first-order chi connectivity index (χ1) is 32.6. The van der Waals surface area contributed by atoms with Crippen molar-refractivity contribution in [3.63, 3.8) is 0 Å². The summed E-state index contributed by atoms with van der Waals surface area (Å²) >= 11 is 0. The Hall–Kier alpha value is -3.30. The molecule has 5 rings (SSSR count). The molecule has 2 spiro atoms. The van der Waals surface area contributed by atoms with Gasteiger partial charge in [0.15, 0.2) is 19.9 Å². The summed E-state index contributed by atoms with van der Waals surface area (Å²) in [5.74, 6) is -5.50. The summed E-state index contributed by atoms with van der Waals surface area (Å²) in [5, 5.41) is 21.1. The van der Waals surface area contributed by atoms with E-state index in [9.17, 15) is 29.4 Å². The minimum absolute atomic E-state index is 0.00725. The molecule has 17 nitrogen and oxygen atoms in total. The zero-order valence-electron chi connectivity index (χ0n) is 43.7. The first-order valence-corrected chi connectivity index (χ1v) is 27.7. The van der Waals surface area contributed by atoms with Crippen LogP contribution in [0, 0.1) is 11.8 Å². The third-order valence-electron chi connectivity index (χ3n) is 14.6. The molecule has 1 aromatic carbocycles. The van der Waals surface area contributed by atoms with Gasteiger partial charge in [0.2, 0.25) is 0 Å². The van der Waals surface area contributed by atoms with Crippen molar-refractivity contribution >= 4 is 32.0 Å². The van der Waals surface area contributed by atoms with Gasteiger partial charge >= 0.3 is 17.9 Å². The second kappa shape index (κ2) is 24.2. The van der Waals surface area contributed by atoms with Crippen LogP contribution in [0.25, 0.3) is 0 Å². The average molecular weight is 1010 g/mol. The van der Waals surface area contributed by atoms with Gasteiger partial charge in [-0.05, 0) is 49.2 Å². The number of carbonyl (C=O) groups excluding carboxylic acids is 3. The standard InChI is InChI=1S/C52H82O17Si/c1-32(18-43-24-50(9,58)30-52(67-43)26-42(63-35(4)53)20-40(66-52)23-47(56)57)33(2)48(64-36(5)54)34(3)46(55)22-39-19-41(60-11)25-51(65-39)27-44(69-70(12,13)49(6,7)8)21-45(68-51)29-62-31-61-28-37-14-16-38(59-10)17-15-37/h14-17,33-34,39-45,48,58H,1,18-31H2,2-13H3,(H,56,57)/t33-,34-,39+,40-,41+,42+,43+,44+,45-,48+,50+,51-,52-/m1/s1. The number of Topliss-reactive ketones (excluding diaryl/α,β-unsaturated/α-hetero) is 1. The molecule has 0 radical (unpaired) electrons. The van der Waals surface area contributed by atoms with Crippen LogP contribution in [0.15, 0.2) is 36.4 Å². The zero-order valence-corrected chi connectivity index (χ0v) is 44.7. The normalized spacial score (nSPS) is 31.9. The third-order valence-corrected chi connectivity index (χ3v) is 19.2. The molecule has 0 aromatic heterocycles.